The molecule has 4 N–H and O–H groups in total. The fourth-order valence-corrected chi connectivity index (χ4v) is 9.85. The van der Waals surface area contributed by atoms with Crippen LogP contribution >= 0.6 is 0 Å². The Bertz CT molecular complexity index is 1980. The first-order valence-corrected chi connectivity index (χ1v) is 18.2. The Hall–Kier alpha value is -4.39. The van der Waals surface area contributed by atoms with Crippen molar-refractivity contribution in [2.75, 3.05) is 45.4 Å². The summed E-state index contributed by atoms with van der Waals surface area (Å²) in [6.07, 6.45) is -1.59. The van der Waals surface area contributed by atoms with Crippen LogP contribution in [0.25, 0.3) is 0 Å². The third-order valence-electron chi connectivity index (χ3n) is 6.76. The van der Waals surface area contributed by atoms with Crippen LogP contribution in [-0.4, -0.2) is 80.0 Å². The fraction of sp³-hybridized carbons (Fsp3) is 0.286. The highest BCUT2D eigenvalue weighted by Crippen LogP contribution is 2.37. The van der Waals surface area contributed by atoms with Crippen LogP contribution < -0.4 is 29.1 Å². The van der Waals surface area contributed by atoms with Gasteiger partial charge in [-0.3, -0.25) is 18.6 Å². The number of rotatable bonds is 11. The smallest absolute Gasteiger partial charge is 0.268 e. The Morgan fingerprint density at radius 2 is 1.26 bits per heavy atom. The predicted octanol–water partition coefficient (Wildman–Crippen LogP) is 1.77. The number of hydrogen-bond donors (Lipinski definition) is 4. The molecule has 0 spiro atoms. The van der Waals surface area contributed by atoms with Crippen LogP contribution in [0.4, 0.5) is 22.7 Å². The number of methoxy groups -OCH3 is 2. The molecular formula is C28H32N4O11S3. The fourth-order valence-electron chi connectivity index (χ4n) is 4.86. The molecule has 1 heterocycles. The first-order valence-electron chi connectivity index (χ1n) is 13.4. The van der Waals surface area contributed by atoms with Gasteiger partial charge in [0.1, 0.15) is 21.3 Å². The number of anilines is 4. The molecule has 3 aromatic rings. The number of carbonyl (C=O) groups is 2. The summed E-state index contributed by atoms with van der Waals surface area (Å²) in [4.78, 5) is 22.4. The van der Waals surface area contributed by atoms with Gasteiger partial charge in [0.25, 0.3) is 20.0 Å². The SMILES string of the molecule is COc1ccc(NC(C)=O)cc1S(=O)(=O)Nc1ccc(N([C@H]2CS(=O)(=O)C[C@@H]2O)S(=O)(=O)c2cc(NC(C)=O)ccc2OC)cc1. The molecule has 2 atom stereocenters. The van der Waals surface area contributed by atoms with Crippen LogP contribution in [0.1, 0.15) is 13.8 Å². The van der Waals surface area contributed by atoms with E-state index in [9.17, 15) is 39.9 Å². The van der Waals surface area contributed by atoms with Crippen molar-refractivity contribution in [3.8, 4) is 11.5 Å². The number of ether oxygens (including phenoxy) is 2. The van der Waals surface area contributed by atoms with E-state index in [4.69, 9.17) is 9.47 Å². The molecule has 0 bridgehead atoms. The van der Waals surface area contributed by atoms with Gasteiger partial charge in [0.2, 0.25) is 11.8 Å². The number of nitrogens with one attached hydrogen (secondary N) is 3. The van der Waals surface area contributed by atoms with Gasteiger partial charge >= 0.3 is 0 Å². The quantitative estimate of drug-likeness (QED) is 0.227. The minimum Gasteiger partial charge on any atom is -0.495 e. The second-order valence-electron chi connectivity index (χ2n) is 10.3. The lowest BCUT2D eigenvalue weighted by Crippen LogP contribution is -2.47. The van der Waals surface area contributed by atoms with Crippen LogP contribution in [-0.2, 0) is 39.5 Å². The molecule has 0 aromatic heterocycles. The van der Waals surface area contributed by atoms with Crippen LogP contribution in [0.3, 0.4) is 0 Å². The highest BCUT2D eigenvalue weighted by atomic mass is 32.2. The topological polar surface area (TPSA) is 215 Å². The van der Waals surface area contributed by atoms with Gasteiger partial charge in [0, 0.05) is 30.9 Å². The summed E-state index contributed by atoms with van der Waals surface area (Å²) in [7, 11) is -10.3. The molecule has 0 radical (unpaired) electrons. The molecule has 248 valence electrons. The van der Waals surface area contributed by atoms with E-state index >= 15 is 0 Å². The molecular weight excluding hydrogens is 665 g/mol. The number of sulfone groups is 1. The maximum atomic E-state index is 14.2. The molecule has 3 aromatic carbocycles. The minimum absolute atomic E-state index is 0.00194. The number of aliphatic hydroxyl groups is 1. The van der Waals surface area contributed by atoms with Crippen molar-refractivity contribution in [1.82, 2.24) is 0 Å². The number of hydrogen-bond acceptors (Lipinski definition) is 11. The molecule has 2 amide bonds. The van der Waals surface area contributed by atoms with Crippen LogP contribution in [0, 0.1) is 0 Å². The Morgan fingerprint density at radius 3 is 1.72 bits per heavy atom. The summed E-state index contributed by atoms with van der Waals surface area (Å²) < 4.78 is 93.6. The van der Waals surface area contributed by atoms with Crippen molar-refractivity contribution in [3.05, 3.63) is 60.7 Å². The Labute approximate surface area is 266 Å². The van der Waals surface area contributed by atoms with E-state index in [1.54, 1.807) is 0 Å². The largest absolute Gasteiger partial charge is 0.495 e. The molecule has 0 saturated carbocycles. The van der Waals surface area contributed by atoms with Crippen molar-refractivity contribution < 1.29 is 49.4 Å². The first kappa shape index (κ1) is 34.5. The zero-order chi connectivity index (χ0) is 34.0. The van der Waals surface area contributed by atoms with Gasteiger partial charge in [-0.25, -0.2) is 25.3 Å². The number of amides is 2. The van der Waals surface area contributed by atoms with Crippen molar-refractivity contribution in [1.29, 1.82) is 0 Å². The molecule has 1 fully saturated rings. The third-order valence-corrected chi connectivity index (χ3v) is 11.7. The van der Waals surface area contributed by atoms with Crippen LogP contribution in [0.15, 0.2) is 70.5 Å². The molecule has 18 heteroatoms. The maximum Gasteiger partial charge on any atom is 0.268 e. The Kier molecular flexibility index (Phi) is 9.86. The molecule has 0 unspecified atom stereocenters. The number of aliphatic hydroxyl groups excluding tert-OH is 1. The van der Waals surface area contributed by atoms with Crippen molar-refractivity contribution >= 4 is 64.4 Å². The van der Waals surface area contributed by atoms with E-state index < -0.39 is 70.2 Å². The predicted molar refractivity (Wildman–Crippen MR) is 170 cm³/mol. The van der Waals surface area contributed by atoms with Gasteiger partial charge < -0.3 is 25.2 Å². The molecule has 1 saturated heterocycles. The number of benzene rings is 3. The zero-order valence-electron chi connectivity index (χ0n) is 25.0. The van der Waals surface area contributed by atoms with Crippen molar-refractivity contribution in [2.45, 2.75) is 35.8 Å². The monoisotopic (exact) mass is 696 g/mol. The van der Waals surface area contributed by atoms with E-state index in [0.717, 1.165) is 10.4 Å². The first-order chi connectivity index (χ1) is 21.5. The van der Waals surface area contributed by atoms with E-state index in [1.807, 2.05) is 0 Å². The van der Waals surface area contributed by atoms with E-state index in [2.05, 4.69) is 15.4 Å². The Balaban J connectivity index is 1.77. The number of nitrogens with zero attached hydrogens (tertiary/aromatic N) is 1. The highest BCUT2D eigenvalue weighted by molar-refractivity contribution is 7.94. The lowest BCUT2D eigenvalue weighted by Gasteiger charge is -2.32. The summed E-state index contributed by atoms with van der Waals surface area (Å²) >= 11 is 0. The van der Waals surface area contributed by atoms with E-state index in [-0.39, 0.29) is 39.1 Å². The maximum absolute atomic E-state index is 14.2. The standard InChI is InChI=1S/C28H32N4O11S3/c1-17(33)29-20-7-11-25(42-3)27(13-20)45(38,39)31-19-5-9-22(10-6-19)32(23-15-44(36,37)16-24(23)35)46(40,41)28-14-21(30-18(2)34)8-12-26(28)43-4/h5-14,23-24,31,35H,15-16H2,1-4H3,(H,29,33)(H,30,34)/t23-,24-/m0/s1. The summed E-state index contributed by atoms with van der Waals surface area (Å²) in [5.74, 6) is -2.39. The van der Waals surface area contributed by atoms with Crippen molar-refractivity contribution in [2.24, 2.45) is 0 Å². The number of carbonyl (C=O) groups excluding carboxylic acids is 2. The molecule has 4 rings (SSSR count). The van der Waals surface area contributed by atoms with E-state index in [1.165, 1.54) is 82.7 Å². The van der Waals surface area contributed by atoms with Gasteiger partial charge in [-0.05, 0) is 60.7 Å². The highest BCUT2D eigenvalue weighted by Gasteiger charge is 2.45. The summed E-state index contributed by atoms with van der Waals surface area (Å²) in [6.45, 7) is 2.49. The second kappa shape index (κ2) is 13.1. The number of sulfonamides is 2. The average molecular weight is 697 g/mol. The average Bonchev–Trinajstić information content (AvgIpc) is 3.24. The van der Waals surface area contributed by atoms with Gasteiger partial charge in [-0.2, -0.15) is 0 Å². The summed E-state index contributed by atoms with van der Waals surface area (Å²) in [6, 6.07) is 11.4. The Morgan fingerprint density at radius 1 is 0.783 bits per heavy atom. The molecule has 0 aliphatic carbocycles. The third kappa shape index (κ3) is 7.52. The summed E-state index contributed by atoms with van der Waals surface area (Å²) in [5.41, 5.74) is 0.223. The molecule has 1 aliphatic heterocycles. The van der Waals surface area contributed by atoms with Gasteiger partial charge in [0.15, 0.2) is 9.84 Å². The molecule has 46 heavy (non-hydrogen) atoms. The van der Waals surface area contributed by atoms with Gasteiger partial charge in [-0.15, -0.1) is 0 Å². The van der Waals surface area contributed by atoms with Gasteiger partial charge in [0.05, 0.1) is 43.6 Å². The van der Waals surface area contributed by atoms with E-state index in [0.29, 0.717) is 0 Å². The zero-order valence-corrected chi connectivity index (χ0v) is 27.5. The summed E-state index contributed by atoms with van der Waals surface area (Å²) in [5, 5.41) is 15.7. The normalized spacial score (nSPS) is 17.5. The minimum atomic E-state index is -4.69. The van der Waals surface area contributed by atoms with Crippen molar-refractivity contribution in [3.63, 3.8) is 0 Å². The lowest BCUT2D eigenvalue weighted by atomic mass is 10.2. The van der Waals surface area contributed by atoms with Gasteiger partial charge in [-0.1, -0.05) is 0 Å². The van der Waals surface area contributed by atoms with Crippen LogP contribution in [0.5, 0.6) is 11.5 Å². The molecule has 1 aliphatic rings. The van der Waals surface area contributed by atoms with Crippen LogP contribution in [0.2, 0.25) is 0 Å². The second-order valence-corrected chi connectivity index (χ2v) is 15.8. The molecule has 15 nitrogen and oxygen atoms in total. The lowest BCUT2D eigenvalue weighted by molar-refractivity contribution is -0.115.